The van der Waals surface area contributed by atoms with Crippen LogP contribution >= 0.6 is 11.6 Å². The van der Waals surface area contributed by atoms with Crippen molar-refractivity contribution in [1.82, 2.24) is 0 Å². The quantitative estimate of drug-likeness (QED) is 0.845. The minimum absolute atomic E-state index is 0.347. The zero-order valence-corrected chi connectivity index (χ0v) is 13.8. The van der Waals surface area contributed by atoms with Gasteiger partial charge < -0.3 is 15.4 Å². The summed E-state index contributed by atoms with van der Waals surface area (Å²) in [6.45, 7) is 3.82. The number of rotatable bonds is 3. The number of ether oxygens (including phenoxy) is 1. The van der Waals surface area contributed by atoms with E-state index in [9.17, 15) is 9.59 Å². The van der Waals surface area contributed by atoms with E-state index >= 15 is 0 Å². The number of benzene rings is 2. The Kier molecular flexibility index (Phi) is 5.24. The van der Waals surface area contributed by atoms with Crippen LogP contribution in [0, 0.1) is 13.8 Å². The topological polar surface area (TPSA) is 67.4 Å². The van der Waals surface area contributed by atoms with Crippen molar-refractivity contribution in [2.45, 2.75) is 13.8 Å². The molecule has 0 aromatic heterocycles. The van der Waals surface area contributed by atoms with Crippen molar-refractivity contribution < 1.29 is 14.3 Å². The van der Waals surface area contributed by atoms with Gasteiger partial charge in [0.2, 0.25) is 0 Å². The number of halogens is 1. The van der Waals surface area contributed by atoms with E-state index < -0.39 is 11.8 Å². The average Bonchev–Trinajstić information content (AvgIpc) is 2.52. The standard InChI is InChI=1S/C17H17ClN2O3/c1-10-5-4-6-14(11(10)2)20-17(22)16(21)19-12-7-8-15(23-3)13(18)9-12/h4-9H,1-3H3,(H,19,21)(H,20,22). The number of methoxy groups -OCH3 is 1. The van der Waals surface area contributed by atoms with Gasteiger partial charge in [-0.15, -0.1) is 0 Å². The van der Waals surface area contributed by atoms with Crippen LogP contribution in [0.4, 0.5) is 11.4 Å². The molecule has 2 aromatic carbocycles. The van der Waals surface area contributed by atoms with Crippen molar-refractivity contribution in [3.8, 4) is 5.75 Å². The van der Waals surface area contributed by atoms with Gasteiger partial charge in [-0.25, -0.2) is 0 Å². The van der Waals surface area contributed by atoms with E-state index in [0.29, 0.717) is 22.1 Å². The van der Waals surface area contributed by atoms with Crippen molar-refractivity contribution in [3.05, 3.63) is 52.5 Å². The van der Waals surface area contributed by atoms with Crippen LogP contribution in [0.15, 0.2) is 36.4 Å². The molecule has 2 N–H and O–H groups in total. The third-order valence-electron chi connectivity index (χ3n) is 3.47. The highest BCUT2D eigenvalue weighted by Gasteiger charge is 2.16. The second kappa shape index (κ2) is 7.15. The summed E-state index contributed by atoms with van der Waals surface area (Å²) in [6.07, 6.45) is 0. The lowest BCUT2D eigenvalue weighted by molar-refractivity contribution is -0.133. The average molecular weight is 333 g/mol. The predicted molar refractivity (Wildman–Crippen MR) is 91.2 cm³/mol. The van der Waals surface area contributed by atoms with Gasteiger partial charge in [0.25, 0.3) is 0 Å². The summed E-state index contributed by atoms with van der Waals surface area (Å²) in [5.41, 5.74) is 2.97. The normalized spacial score (nSPS) is 10.1. The zero-order valence-electron chi connectivity index (χ0n) is 13.1. The summed E-state index contributed by atoms with van der Waals surface area (Å²) in [5.74, 6) is -1.03. The molecule has 6 heteroatoms. The van der Waals surface area contributed by atoms with Crippen molar-refractivity contribution in [3.63, 3.8) is 0 Å². The molecule has 5 nitrogen and oxygen atoms in total. The largest absolute Gasteiger partial charge is 0.495 e. The molecule has 0 radical (unpaired) electrons. The highest BCUT2D eigenvalue weighted by molar-refractivity contribution is 6.44. The van der Waals surface area contributed by atoms with Crippen LogP contribution in [-0.4, -0.2) is 18.9 Å². The van der Waals surface area contributed by atoms with E-state index in [-0.39, 0.29) is 0 Å². The third-order valence-corrected chi connectivity index (χ3v) is 3.76. The first kappa shape index (κ1) is 16.8. The van der Waals surface area contributed by atoms with Crippen LogP contribution in [0.25, 0.3) is 0 Å². The molecule has 0 heterocycles. The summed E-state index contributed by atoms with van der Waals surface area (Å²) in [7, 11) is 1.50. The van der Waals surface area contributed by atoms with Crippen LogP contribution < -0.4 is 15.4 Å². The van der Waals surface area contributed by atoms with E-state index in [4.69, 9.17) is 16.3 Å². The summed E-state index contributed by atoms with van der Waals surface area (Å²) in [6, 6.07) is 10.2. The van der Waals surface area contributed by atoms with Gasteiger partial charge in [-0.3, -0.25) is 9.59 Å². The molecule has 2 rings (SSSR count). The number of amides is 2. The number of aryl methyl sites for hydroxylation is 1. The molecule has 0 aliphatic carbocycles. The van der Waals surface area contributed by atoms with Crippen molar-refractivity contribution in [1.29, 1.82) is 0 Å². The molecular formula is C17H17ClN2O3. The van der Waals surface area contributed by atoms with E-state index in [2.05, 4.69) is 10.6 Å². The Bertz CT molecular complexity index is 759. The molecule has 120 valence electrons. The maximum atomic E-state index is 12.0. The number of hydrogen-bond acceptors (Lipinski definition) is 3. The molecular weight excluding hydrogens is 316 g/mol. The summed E-state index contributed by atoms with van der Waals surface area (Å²) in [5, 5.41) is 5.44. The minimum Gasteiger partial charge on any atom is -0.495 e. The van der Waals surface area contributed by atoms with Gasteiger partial charge in [0.1, 0.15) is 5.75 Å². The van der Waals surface area contributed by atoms with E-state index in [0.717, 1.165) is 11.1 Å². The Morgan fingerprint density at radius 1 is 1.04 bits per heavy atom. The van der Waals surface area contributed by atoms with Crippen LogP contribution in [0.2, 0.25) is 5.02 Å². The highest BCUT2D eigenvalue weighted by atomic mass is 35.5. The molecule has 2 aromatic rings. The number of carbonyl (C=O) groups is 2. The Balaban J connectivity index is 2.07. The van der Waals surface area contributed by atoms with Crippen LogP contribution in [0.5, 0.6) is 5.75 Å². The fourth-order valence-electron chi connectivity index (χ4n) is 2.00. The molecule has 0 atom stereocenters. The highest BCUT2D eigenvalue weighted by Crippen LogP contribution is 2.27. The molecule has 0 aliphatic heterocycles. The van der Waals surface area contributed by atoms with Crippen molar-refractivity contribution in [2.75, 3.05) is 17.7 Å². The minimum atomic E-state index is -0.771. The van der Waals surface area contributed by atoms with Gasteiger partial charge in [-0.05, 0) is 49.2 Å². The van der Waals surface area contributed by atoms with Crippen LogP contribution in [0.1, 0.15) is 11.1 Å². The fourth-order valence-corrected chi connectivity index (χ4v) is 2.26. The molecule has 0 spiro atoms. The molecule has 0 saturated carbocycles. The molecule has 0 unspecified atom stereocenters. The maximum absolute atomic E-state index is 12.0. The molecule has 2 amide bonds. The van der Waals surface area contributed by atoms with Gasteiger partial charge in [0, 0.05) is 11.4 Å². The fraction of sp³-hybridized carbons (Fsp3) is 0.176. The summed E-state index contributed by atoms with van der Waals surface area (Å²) >= 11 is 5.98. The molecule has 0 bridgehead atoms. The third kappa shape index (κ3) is 4.02. The Morgan fingerprint density at radius 3 is 2.39 bits per heavy atom. The second-order valence-corrected chi connectivity index (χ2v) is 5.41. The predicted octanol–water partition coefficient (Wildman–Crippen LogP) is 3.54. The lowest BCUT2D eigenvalue weighted by atomic mass is 10.1. The number of carbonyl (C=O) groups excluding carboxylic acids is 2. The first-order chi connectivity index (χ1) is 10.9. The molecule has 23 heavy (non-hydrogen) atoms. The summed E-state index contributed by atoms with van der Waals surface area (Å²) < 4.78 is 5.03. The first-order valence-electron chi connectivity index (χ1n) is 6.94. The number of anilines is 2. The van der Waals surface area contributed by atoms with Gasteiger partial charge >= 0.3 is 11.8 Å². The number of nitrogens with one attached hydrogen (secondary N) is 2. The van der Waals surface area contributed by atoms with E-state index in [1.54, 1.807) is 18.2 Å². The Morgan fingerprint density at radius 2 is 1.74 bits per heavy atom. The number of hydrogen-bond donors (Lipinski definition) is 2. The van der Waals surface area contributed by atoms with Crippen molar-refractivity contribution >= 4 is 34.8 Å². The Hall–Kier alpha value is -2.53. The first-order valence-corrected chi connectivity index (χ1v) is 7.32. The molecule has 0 saturated heterocycles. The SMILES string of the molecule is COc1ccc(NC(=O)C(=O)Nc2cccc(C)c2C)cc1Cl. The van der Waals surface area contributed by atoms with Crippen LogP contribution in [0.3, 0.4) is 0 Å². The van der Waals surface area contributed by atoms with Crippen LogP contribution in [-0.2, 0) is 9.59 Å². The lowest BCUT2D eigenvalue weighted by Crippen LogP contribution is -2.29. The van der Waals surface area contributed by atoms with E-state index in [1.165, 1.54) is 13.2 Å². The van der Waals surface area contributed by atoms with Gasteiger partial charge in [-0.2, -0.15) is 0 Å². The monoisotopic (exact) mass is 332 g/mol. The summed E-state index contributed by atoms with van der Waals surface area (Å²) in [4.78, 5) is 24.0. The maximum Gasteiger partial charge on any atom is 0.314 e. The van der Waals surface area contributed by atoms with Crippen molar-refractivity contribution in [2.24, 2.45) is 0 Å². The zero-order chi connectivity index (χ0) is 17.0. The smallest absolute Gasteiger partial charge is 0.314 e. The van der Waals surface area contributed by atoms with E-state index in [1.807, 2.05) is 26.0 Å². The Labute approximate surface area is 139 Å². The lowest BCUT2D eigenvalue weighted by Gasteiger charge is -2.11. The van der Waals surface area contributed by atoms with Gasteiger partial charge in [0.15, 0.2) is 0 Å². The van der Waals surface area contributed by atoms with Gasteiger partial charge in [-0.1, -0.05) is 23.7 Å². The molecule has 0 aliphatic rings. The molecule has 0 fully saturated rings. The van der Waals surface area contributed by atoms with Gasteiger partial charge in [0.05, 0.1) is 12.1 Å². The second-order valence-electron chi connectivity index (χ2n) is 5.01.